The second-order valence-corrected chi connectivity index (χ2v) is 5.78. The largest absolute Gasteiger partial charge is 0.384 e. The summed E-state index contributed by atoms with van der Waals surface area (Å²) in [6, 6.07) is 10.2. The Labute approximate surface area is 105 Å². The number of hydrogen-bond acceptors (Lipinski definition) is 2. The summed E-state index contributed by atoms with van der Waals surface area (Å²) in [5.74, 6) is -0.250. The Morgan fingerprint density at radius 3 is 2.35 bits per heavy atom. The van der Waals surface area contributed by atoms with E-state index in [1.807, 2.05) is 19.1 Å². The predicted molar refractivity (Wildman–Crippen MR) is 68.7 cm³/mol. The molecule has 0 saturated heterocycles. The fraction of sp³-hybridized carbons (Fsp3) is 0.286. The highest BCUT2D eigenvalue weighted by Gasteiger charge is 2.25. The van der Waals surface area contributed by atoms with Gasteiger partial charge in [0.05, 0.1) is 5.60 Å². The molecule has 90 valence electrons. The Morgan fingerprint density at radius 1 is 1.18 bits per heavy atom. The van der Waals surface area contributed by atoms with E-state index in [1.54, 1.807) is 30.4 Å². The van der Waals surface area contributed by atoms with Crippen molar-refractivity contribution in [3.8, 4) is 0 Å². The summed E-state index contributed by atoms with van der Waals surface area (Å²) in [7, 11) is 0. The Balaban J connectivity index is 2.19. The lowest BCUT2D eigenvalue weighted by atomic mass is 9.95. The van der Waals surface area contributed by atoms with E-state index in [-0.39, 0.29) is 5.82 Å². The maximum Gasteiger partial charge on any atom is 0.123 e. The van der Waals surface area contributed by atoms with Crippen molar-refractivity contribution < 1.29 is 9.50 Å². The van der Waals surface area contributed by atoms with Crippen LogP contribution in [0.4, 0.5) is 4.39 Å². The third kappa shape index (κ3) is 2.93. The number of benzene rings is 1. The molecule has 1 atom stereocenters. The van der Waals surface area contributed by atoms with Crippen molar-refractivity contribution in [2.24, 2.45) is 0 Å². The zero-order chi connectivity index (χ0) is 12.5. The molecule has 0 spiro atoms. The van der Waals surface area contributed by atoms with Crippen molar-refractivity contribution in [2.75, 3.05) is 0 Å². The lowest BCUT2D eigenvalue weighted by Crippen LogP contribution is -2.22. The molecule has 1 N–H and O–H groups in total. The molecule has 1 aromatic heterocycles. The smallest absolute Gasteiger partial charge is 0.123 e. The van der Waals surface area contributed by atoms with Crippen molar-refractivity contribution in [3.63, 3.8) is 0 Å². The number of thiophene rings is 1. The highest BCUT2D eigenvalue weighted by molar-refractivity contribution is 7.12. The van der Waals surface area contributed by atoms with Gasteiger partial charge in [-0.25, -0.2) is 4.39 Å². The summed E-state index contributed by atoms with van der Waals surface area (Å²) in [6.07, 6.45) is 0.493. The minimum absolute atomic E-state index is 0.250. The van der Waals surface area contributed by atoms with Crippen molar-refractivity contribution in [1.29, 1.82) is 0 Å². The van der Waals surface area contributed by atoms with Crippen molar-refractivity contribution >= 4 is 11.3 Å². The molecular formula is C14H15FOS. The molecule has 1 aromatic carbocycles. The number of hydrogen-bond donors (Lipinski definition) is 1. The van der Waals surface area contributed by atoms with Gasteiger partial charge < -0.3 is 5.11 Å². The van der Waals surface area contributed by atoms with Crippen LogP contribution in [0.5, 0.6) is 0 Å². The molecule has 0 amide bonds. The minimum Gasteiger partial charge on any atom is -0.384 e. The molecular weight excluding hydrogens is 235 g/mol. The molecule has 2 rings (SSSR count). The summed E-state index contributed by atoms with van der Waals surface area (Å²) >= 11 is 1.59. The van der Waals surface area contributed by atoms with Gasteiger partial charge in [0.2, 0.25) is 0 Å². The first-order chi connectivity index (χ1) is 7.97. The van der Waals surface area contributed by atoms with Crippen molar-refractivity contribution in [1.82, 2.24) is 0 Å². The Hall–Kier alpha value is -1.19. The number of aryl methyl sites for hydroxylation is 1. The van der Waals surface area contributed by atoms with Crippen LogP contribution < -0.4 is 0 Å². The first-order valence-electron chi connectivity index (χ1n) is 5.51. The zero-order valence-corrected chi connectivity index (χ0v) is 10.7. The van der Waals surface area contributed by atoms with E-state index in [4.69, 9.17) is 0 Å². The van der Waals surface area contributed by atoms with Crippen LogP contribution in [0.3, 0.4) is 0 Å². The third-order valence-corrected chi connectivity index (χ3v) is 3.99. The molecule has 0 aliphatic heterocycles. The van der Waals surface area contributed by atoms with Crippen LogP contribution in [-0.2, 0) is 12.0 Å². The zero-order valence-electron chi connectivity index (χ0n) is 9.90. The van der Waals surface area contributed by atoms with Gasteiger partial charge in [0.15, 0.2) is 0 Å². The van der Waals surface area contributed by atoms with Crippen LogP contribution in [0.25, 0.3) is 0 Å². The minimum atomic E-state index is -0.892. The van der Waals surface area contributed by atoms with Crippen LogP contribution >= 0.6 is 11.3 Å². The van der Waals surface area contributed by atoms with Crippen LogP contribution in [0.1, 0.15) is 22.2 Å². The van der Waals surface area contributed by atoms with E-state index >= 15 is 0 Å². The lowest BCUT2D eigenvalue weighted by Gasteiger charge is -2.22. The molecule has 3 heteroatoms. The van der Waals surface area contributed by atoms with Crippen molar-refractivity contribution in [2.45, 2.75) is 25.9 Å². The first kappa shape index (κ1) is 12.3. The van der Waals surface area contributed by atoms with Gasteiger partial charge in [0.25, 0.3) is 0 Å². The molecule has 17 heavy (non-hydrogen) atoms. The molecule has 0 bridgehead atoms. The van der Waals surface area contributed by atoms with Gasteiger partial charge in [-0.1, -0.05) is 12.1 Å². The van der Waals surface area contributed by atoms with Gasteiger partial charge >= 0.3 is 0 Å². The normalized spacial score (nSPS) is 14.6. The highest BCUT2D eigenvalue weighted by atomic mass is 32.1. The van der Waals surface area contributed by atoms with Gasteiger partial charge in [0.1, 0.15) is 5.82 Å². The van der Waals surface area contributed by atoms with E-state index in [0.717, 1.165) is 10.4 Å². The fourth-order valence-electron chi connectivity index (χ4n) is 1.81. The number of rotatable bonds is 3. The Kier molecular flexibility index (Phi) is 3.31. The quantitative estimate of drug-likeness (QED) is 0.881. The van der Waals surface area contributed by atoms with Crippen LogP contribution in [0.2, 0.25) is 0 Å². The summed E-state index contributed by atoms with van der Waals surface area (Å²) in [4.78, 5) is 2.12. The SMILES string of the molecule is Cc1ccc(C(C)(O)Cc2ccc(F)cc2)s1. The van der Waals surface area contributed by atoms with Gasteiger partial charge in [-0.15, -0.1) is 11.3 Å². The van der Waals surface area contributed by atoms with E-state index in [2.05, 4.69) is 0 Å². The second kappa shape index (κ2) is 4.59. The van der Waals surface area contributed by atoms with Gasteiger partial charge in [-0.05, 0) is 43.7 Å². The highest BCUT2D eigenvalue weighted by Crippen LogP contribution is 2.30. The number of aliphatic hydroxyl groups is 1. The van der Waals surface area contributed by atoms with Crippen LogP contribution in [0, 0.1) is 12.7 Å². The second-order valence-electron chi connectivity index (χ2n) is 4.49. The fourth-order valence-corrected chi connectivity index (χ4v) is 2.72. The molecule has 0 saturated carbocycles. The summed E-state index contributed by atoms with van der Waals surface area (Å²) in [5, 5.41) is 10.4. The van der Waals surface area contributed by atoms with Crippen LogP contribution in [-0.4, -0.2) is 5.11 Å². The molecule has 0 radical (unpaired) electrons. The average Bonchev–Trinajstić information content (AvgIpc) is 2.69. The summed E-state index contributed by atoms with van der Waals surface area (Å²) in [6.45, 7) is 3.81. The third-order valence-electron chi connectivity index (χ3n) is 2.73. The molecule has 1 unspecified atom stereocenters. The molecule has 0 aliphatic carbocycles. The van der Waals surface area contributed by atoms with Gasteiger partial charge in [0, 0.05) is 16.2 Å². The molecule has 0 fully saturated rings. The topological polar surface area (TPSA) is 20.2 Å². The Bertz CT molecular complexity index is 499. The van der Waals surface area contributed by atoms with Gasteiger partial charge in [-0.2, -0.15) is 0 Å². The molecule has 1 nitrogen and oxygen atoms in total. The van der Waals surface area contributed by atoms with Gasteiger partial charge in [-0.3, -0.25) is 0 Å². The Morgan fingerprint density at radius 2 is 1.82 bits per heavy atom. The average molecular weight is 250 g/mol. The van der Waals surface area contributed by atoms with E-state index in [1.165, 1.54) is 17.0 Å². The summed E-state index contributed by atoms with van der Waals surface area (Å²) < 4.78 is 12.8. The summed E-state index contributed by atoms with van der Waals surface area (Å²) in [5.41, 5.74) is 0.0407. The lowest BCUT2D eigenvalue weighted by molar-refractivity contribution is 0.0615. The van der Waals surface area contributed by atoms with Crippen LogP contribution in [0.15, 0.2) is 36.4 Å². The maximum atomic E-state index is 12.8. The standard InChI is InChI=1S/C14H15FOS/c1-10-3-8-13(17-10)14(2,16)9-11-4-6-12(15)7-5-11/h3-8,16H,9H2,1-2H3. The van der Waals surface area contributed by atoms with Crippen molar-refractivity contribution in [3.05, 3.63) is 57.5 Å². The maximum absolute atomic E-state index is 12.8. The van der Waals surface area contributed by atoms with E-state index in [0.29, 0.717) is 6.42 Å². The predicted octanol–water partition coefficient (Wildman–Crippen LogP) is 3.65. The molecule has 0 aliphatic rings. The molecule has 2 aromatic rings. The molecule has 1 heterocycles. The van der Waals surface area contributed by atoms with E-state index < -0.39 is 5.60 Å². The number of halogens is 1. The first-order valence-corrected chi connectivity index (χ1v) is 6.33. The monoisotopic (exact) mass is 250 g/mol. The van der Waals surface area contributed by atoms with E-state index in [9.17, 15) is 9.50 Å².